The van der Waals surface area contributed by atoms with E-state index in [1.54, 1.807) is 13.0 Å². The zero-order chi connectivity index (χ0) is 22.5. The summed E-state index contributed by atoms with van der Waals surface area (Å²) in [5.41, 5.74) is 2.38. The van der Waals surface area contributed by atoms with Gasteiger partial charge in [-0.25, -0.2) is 0 Å². The Morgan fingerprint density at radius 2 is 1.90 bits per heavy atom. The van der Waals surface area contributed by atoms with Crippen molar-refractivity contribution in [3.8, 4) is 0 Å². The van der Waals surface area contributed by atoms with Crippen LogP contribution in [-0.4, -0.2) is 28.0 Å². The second-order valence-electron chi connectivity index (χ2n) is 7.26. The predicted octanol–water partition coefficient (Wildman–Crippen LogP) is 3.97. The van der Waals surface area contributed by atoms with Crippen LogP contribution in [0.5, 0.6) is 0 Å². The van der Waals surface area contributed by atoms with Gasteiger partial charge >= 0.3 is 5.97 Å². The summed E-state index contributed by atoms with van der Waals surface area (Å²) in [4.78, 5) is 39.9. The molecule has 1 heterocycles. The highest BCUT2D eigenvalue weighted by atomic mass is 32.1. The zero-order valence-corrected chi connectivity index (χ0v) is 18.3. The minimum Gasteiger partial charge on any atom is -0.465 e. The lowest BCUT2D eigenvalue weighted by Crippen LogP contribution is -2.23. The first kappa shape index (κ1) is 22.4. The van der Waals surface area contributed by atoms with E-state index in [0.29, 0.717) is 20.9 Å². The first-order chi connectivity index (χ1) is 14.8. The van der Waals surface area contributed by atoms with Crippen molar-refractivity contribution < 1.29 is 19.2 Å². The highest BCUT2D eigenvalue weighted by Crippen LogP contribution is 2.23. The number of amides is 1. The van der Waals surface area contributed by atoms with Gasteiger partial charge < -0.3 is 9.30 Å². The number of nitro groups is 1. The molecule has 0 bridgehead atoms. The number of benzene rings is 2. The van der Waals surface area contributed by atoms with Crippen molar-refractivity contribution in [1.82, 2.24) is 4.57 Å². The molecule has 0 saturated carbocycles. The molecule has 31 heavy (non-hydrogen) atoms. The monoisotopic (exact) mass is 441 g/mol. The van der Waals surface area contributed by atoms with E-state index in [1.165, 1.54) is 33.6 Å². The van der Waals surface area contributed by atoms with Crippen molar-refractivity contribution in [2.24, 2.45) is 4.99 Å². The highest BCUT2D eigenvalue weighted by Gasteiger charge is 2.16. The molecule has 0 radical (unpaired) electrons. The summed E-state index contributed by atoms with van der Waals surface area (Å²) in [5, 5.41) is 11.2. The quantitative estimate of drug-likeness (QED) is 0.313. The molecule has 0 atom stereocenters. The maximum Gasteiger partial charge on any atom is 0.326 e. The summed E-state index contributed by atoms with van der Waals surface area (Å²) >= 11 is 1.19. The molecule has 0 aliphatic carbocycles. The summed E-state index contributed by atoms with van der Waals surface area (Å²) in [6.45, 7) is 5.91. The van der Waals surface area contributed by atoms with Crippen LogP contribution in [0.1, 0.15) is 37.8 Å². The van der Waals surface area contributed by atoms with E-state index in [0.717, 1.165) is 5.56 Å². The van der Waals surface area contributed by atoms with Crippen LogP contribution in [0.4, 0.5) is 5.69 Å². The smallest absolute Gasteiger partial charge is 0.326 e. The lowest BCUT2D eigenvalue weighted by Gasteiger charge is -2.06. The molecule has 1 aromatic heterocycles. The largest absolute Gasteiger partial charge is 0.465 e. The summed E-state index contributed by atoms with van der Waals surface area (Å²) in [6, 6.07) is 12.1. The molecular formula is C22H23N3O5S. The molecule has 0 N–H and O–H groups in total. The molecule has 0 saturated heterocycles. The van der Waals surface area contributed by atoms with Crippen LogP contribution in [0.25, 0.3) is 10.2 Å². The maximum atomic E-state index is 12.6. The number of rotatable bonds is 7. The number of thiazole rings is 1. The van der Waals surface area contributed by atoms with E-state index in [4.69, 9.17) is 4.74 Å². The van der Waals surface area contributed by atoms with Gasteiger partial charge in [-0.05, 0) is 30.0 Å². The number of fused-ring (bicyclic) bond motifs is 1. The Morgan fingerprint density at radius 3 is 2.52 bits per heavy atom. The first-order valence-corrected chi connectivity index (χ1v) is 10.7. The van der Waals surface area contributed by atoms with Gasteiger partial charge in [-0.15, -0.1) is 0 Å². The van der Waals surface area contributed by atoms with Gasteiger partial charge in [0.25, 0.3) is 11.6 Å². The molecule has 0 spiro atoms. The zero-order valence-electron chi connectivity index (χ0n) is 17.5. The summed E-state index contributed by atoms with van der Waals surface area (Å²) in [5.74, 6) is -0.471. The fourth-order valence-electron chi connectivity index (χ4n) is 3.09. The molecular weight excluding hydrogens is 418 g/mol. The third-order valence-corrected chi connectivity index (χ3v) is 5.75. The summed E-state index contributed by atoms with van der Waals surface area (Å²) in [7, 11) is 0. The highest BCUT2D eigenvalue weighted by molar-refractivity contribution is 7.16. The number of esters is 1. The van der Waals surface area contributed by atoms with Crippen LogP contribution in [0, 0.1) is 10.1 Å². The molecule has 0 unspecified atom stereocenters. The average molecular weight is 442 g/mol. The SMILES string of the molecule is CCOC(=O)Cn1c(=NC(=O)Cc2ccc(C(C)C)cc2)sc2ccc([N+](=O)[O-])cc21. The lowest BCUT2D eigenvalue weighted by atomic mass is 10.0. The minimum absolute atomic E-state index is 0.106. The molecule has 3 rings (SSSR count). The van der Waals surface area contributed by atoms with Crippen molar-refractivity contribution in [3.63, 3.8) is 0 Å². The van der Waals surface area contributed by atoms with E-state index in [2.05, 4.69) is 18.8 Å². The number of carbonyl (C=O) groups excluding carboxylic acids is 2. The first-order valence-electron chi connectivity index (χ1n) is 9.88. The van der Waals surface area contributed by atoms with E-state index < -0.39 is 10.9 Å². The number of ether oxygens (including phenoxy) is 1. The number of nitrogens with zero attached hydrogens (tertiary/aromatic N) is 3. The van der Waals surface area contributed by atoms with Gasteiger partial charge in [-0.2, -0.15) is 4.99 Å². The fourth-order valence-corrected chi connectivity index (χ4v) is 4.11. The Kier molecular flexibility index (Phi) is 6.96. The number of hydrogen-bond acceptors (Lipinski definition) is 6. The third-order valence-electron chi connectivity index (χ3n) is 4.69. The van der Waals surface area contributed by atoms with Gasteiger partial charge in [-0.1, -0.05) is 49.4 Å². The molecule has 2 aromatic carbocycles. The lowest BCUT2D eigenvalue weighted by molar-refractivity contribution is -0.384. The van der Waals surface area contributed by atoms with Crippen molar-refractivity contribution in [1.29, 1.82) is 0 Å². The number of non-ortho nitro benzene ring substituents is 1. The standard InChI is InChI=1S/C22H23N3O5S/c1-4-30-21(27)13-24-18-12-17(25(28)29)9-10-19(18)31-22(24)23-20(26)11-15-5-7-16(8-6-15)14(2)3/h5-10,12,14H,4,11,13H2,1-3H3. The topological polar surface area (TPSA) is 104 Å². The summed E-state index contributed by atoms with van der Waals surface area (Å²) in [6.07, 6.45) is 0.117. The minimum atomic E-state index is -0.508. The predicted molar refractivity (Wildman–Crippen MR) is 118 cm³/mol. The van der Waals surface area contributed by atoms with Gasteiger partial charge in [0.2, 0.25) is 0 Å². The fraction of sp³-hybridized carbons (Fsp3) is 0.318. The van der Waals surface area contributed by atoms with Gasteiger partial charge in [0.1, 0.15) is 6.54 Å². The third kappa shape index (κ3) is 5.43. The normalized spacial score (nSPS) is 11.8. The van der Waals surface area contributed by atoms with Crippen LogP contribution in [0.2, 0.25) is 0 Å². The van der Waals surface area contributed by atoms with Gasteiger partial charge in [0.15, 0.2) is 4.80 Å². The van der Waals surface area contributed by atoms with Crippen molar-refractivity contribution in [3.05, 3.63) is 68.5 Å². The molecule has 0 fully saturated rings. The molecule has 3 aromatic rings. The van der Waals surface area contributed by atoms with Crippen LogP contribution in [0.15, 0.2) is 47.5 Å². The molecule has 1 amide bonds. The van der Waals surface area contributed by atoms with Crippen LogP contribution < -0.4 is 4.80 Å². The Hall–Kier alpha value is -3.33. The van der Waals surface area contributed by atoms with E-state index in [9.17, 15) is 19.7 Å². The van der Waals surface area contributed by atoms with E-state index in [1.807, 2.05) is 24.3 Å². The number of nitro benzene ring substituents is 1. The number of hydrogen-bond donors (Lipinski definition) is 0. The van der Waals surface area contributed by atoms with Gasteiger partial charge in [-0.3, -0.25) is 19.7 Å². The molecule has 9 heteroatoms. The van der Waals surface area contributed by atoms with Crippen LogP contribution in [0.3, 0.4) is 0 Å². The maximum absolute atomic E-state index is 12.6. The molecule has 0 aliphatic heterocycles. The van der Waals surface area contributed by atoms with Gasteiger partial charge in [0.05, 0.1) is 28.2 Å². The molecule has 8 nitrogen and oxygen atoms in total. The van der Waals surface area contributed by atoms with E-state index in [-0.39, 0.29) is 31.2 Å². The van der Waals surface area contributed by atoms with E-state index >= 15 is 0 Å². The Bertz CT molecular complexity index is 1190. The Morgan fingerprint density at radius 1 is 1.19 bits per heavy atom. The molecule has 0 aliphatic rings. The Balaban J connectivity index is 1.98. The second kappa shape index (κ2) is 9.65. The van der Waals surface area contributed by atoms with Crippen molar-refractivity contribution >= 4 is 39.1 Å². The summed E-state index contributed by atoms with van der Waals surface area (Å²) < 4.78 is 7.19. The van der Waals surface area contributed by atoms with Crippen LogP contribution >= 0.6 is 11.3 Å². The second-order valence-corrected chi connectivity index (χ2v) is 8.27. The van der Waals surface area contributed by atoms with Crippen molar-refractivity contribution in [2.45, 2.75) is 39.7 Å². The van der Waals surface area contributed by atoms with Gasteiger partial charge in [0, 0.05) is 12.1 Å². The molecule has 162 valence electrons. The average Bonchev–Trinajstić information content (AvgIpc) is 3.04. The number of carbonyl (C=O) groups is 2. The number of aromatic nitrogens is 1. The Labute approximate surface area is 183 Å². The van der Waals surface area contributed by atoms with Crippen molar-refractivity contribution in [2.75, 3.05) is 6.61 Å². The van der Waals surface area contributed by atoms with Crippen LogP contribution in [-0.2, 0) is 27.3 Å².